The number of halogens is 1. The third-order valence-corrected chi connectivity index (χ3v) is 5.58. The van der Waals surface area contributed by atoms with Crippen LogP contribution in [0.5, 0.6) is 0 Å². The molecule has 2 saturated carbocycles. The van der Waals surface area contributed by atoms with E-state index in [4.69, 9.17) is 20.9 Å². The number of hydrogen-bond donors (Lipinski definition) is 0. The molecular formula is C18H19ClN2O3. The van der Waals surface area contributed by atoms with E-state index in [9.17, 15) is 4.79 Å². The van der Waals surface area contributed by atoms with E-state index in [0.29, 0.717) is 28.7 Å². The third-order valence-electron chi connectivity index (χ3n) is 5.25. The summed E-state index contributed by atoms with van der Waals surface area (Å²) in [6, 6.07) is 7.28. The van der Waals surface area contributed by atoms with E-state index < -0.39 is 0 Å². The van der Waals surface area contributed by atoms with Gasteiger partial charge in [-0.25, -0.2) is 0 Å². The molecule has 1 aromatic carbocycles. The first-order valence-electron chi connectivity index (χ1n) is 8.42. The number of hydrogen-bond acceptors (Lipinski definition) is 5. The summed E-state index contributed by atoms with van der Waals surface area (Å²) in [5, 5.41) is 4.45. The first-order chi connectivity index (χ1) is 11.7. The predicted molar refractivity (Wildman–Crippen MR) is 88.1 cm³/mol. The first-order valence-corrected chi connectivity index (χ1v) is 8.80. The van der Waals surface area contributed by atoms with Crippen LogP contribution in [0.25, 0.3) is 11.4 Å². The molecule has 0 saturated heterocycles. The van der Waals surface area contributed by atoms with E-state index in [1.54, 1.807) is 6.07 Å². The zero-order chi connectivity index (χ0) is 16.5. The summed E-state index contributed by atoms with van der Waals surface area (Å²) in [4.78, 5) is 16.3. The third kappa shape index (κ3) is 3.18. The molecule has 0 aliphatic heterocycles. The average Bonchev–Trinajstić information content (AvgIpc) is 3.30. The molecular weight excluding hydrogens is 328 g/mol. The number of ether oxygens (including phenoxy) is 1. The lowest BCUT2D eigenvalue weighted by molar-refractivity contribution is -0.147. The van der Waals surface area contributed by atoms with Gasteiger partial charge in [0, 0.05) is 12.0 Å². The average molecular weight is 347 g/mol. The van der Waals surface area contributed by atoms with Gasteiger partial charge >= 0.3 is 5.97 Å². The first kappa shape index (κ1) is 15.6. The number of rotatable bonds is 5. The second-order valence-electron chi connectivity index (χ2n) is 6.79. The van der Waals surface area contributed by atoms with Crippen LogP contribution in [0.15, 0.2) is 28.8 Å². The molecule has 2 aliphatic rings. The van der Waals surface area contributed by atoms with Crippen molar-refractivity contribution < 1.29 is 14.1 Å². The van der Waals surface area contributed by atoms with Crippen LogP contribution >= 0.6 is 11.6 Å². The van der Waals surface area contributed by atoms with Crippen molar-refractivity contribution in [1.29, 1.82) is 0 Å². The van der Waals surface area contributed by atoms with Crippen molar-refractivity contribution in [2.45, 2.75) is 38.7 Å². The molecule has 1 aromatic heterocycles. The molecule has 0 unspecified atom stereocenters. The minimum atomic E-state index is -0.176. The Kier molecular flexibility index (Phi) is 4.27. The fourth-order valence-electron chi connectivity index (χ4n) is 4.11. The minimum absolute atomic E-state index is 0.0110. The highest BCUT2D eigenvalue weighted by atomic mass is 35.5. The Morgan fingerprint density at radius 3 is 2.92 bits per heavy atom. The van der Waals surface area contributed by atoms with Crippen LogP contribution < -0.4 is 0 Å². The molecule has 3 atom stereocenters. The van der Waals surface area contributed by atoms with Crippen molar-refractivity contribution in [2.75, 3.05) is 0 Å². The lowest BCUT2D eigenvalue weighted by Gasteiger charge is -2.20. The fraction of sp³-hybridized carbons (Fsp3) is 0.500. The number of carbonyl (C=O) groups is 1. The highest BCUT2D eigenvalue weighted by Gasteiger charge is 2.40. The second-order valence-corrected chi connectivity index (χ2v) is 7.20. The quantitative estimate of drug-likeness (QED) is 0.757. The van der Waals surface area contributed by atoms with E-state index in [0.717, 1.165) is 11.8 Å². The summed E-state index contributed by atoms with van der Waals surface area (Å²) in [6.45, 7) is 0.0110. The molecule has 4 rings (SSSR count). The number of benzene rings is 1. The van der Waals surface area contributed by atoms with Gasteiger partial charge in [-0.05, 0) is 49.1 Å². The predicted octanol–water partition coefficient (Wildman–Crippen LogP) is 4.26. The topological polar surface area (TPSA) is 65.2 Å². The van der Waals surface area contributed by atoms with Crippen LogP contribution in [0.2, 0.25) is 5.02 Å². The molecule has 0 amide bonds. The van der Waals surface area contributed by atoms with Gasteiger partial charge in [0.2, 0.25) is 5.82 Å². The Morgan fingerprint density at radius 1 is 1.29 bits per heavy atom. The molecule has 2 aliphatic carbocycles. The maximum atomic E-state index is 12.0. The molecule has 2 aromatic rings. The Bertz CT molecular complexity index is 745. The smallest absolute Gasteiger partial charge is 0.306 e. The molecule has 0 N–H and O–H groups in total. The van der Waals surface area contributed by atoms with Gasteiger partial charge in [0.15, 0.2) is 6.61 Å². The molecule has 2 fully saturated rings. The van der Waals surface area contributed by atoms with Crippen molar-refractivity contribution >= 4 is 17.6 Å². The van der Waals surface area contributed by atoms with E-state index in [-0.39, 0.29) is 18.5 Å². The number of esters is 1. The van der Waals surface area contributed by atoms with E-state index in [2.05, 4.69) is 10.1 Å². The van der Waals surface area contributed by atoms with Crippen molar-refractivity contribution in [3.8, 4) is 11.4 Å². The standard InChI is InChI=1S/C18H19ClN2O3/c19-15-4-2-1-3-14(15)18-20-16(24-21-18)10-23-17(22)9-13-8-11-5-6-12(13)7-11/h1-4,11-13H,5-10H2/t11-,12+,13+/m0/s1. The highest BCUT2D eigenvalue weighted by Crippen LogP contribution is 2.49. The highest BCUT2D eigenvalue weighted by molar-refractivity contribution is 6.33. The summed E-state index contributed by atoms with van der Waals surface area (Å²) in [5.41, 5.74) is 0.697. The zero-order valence-electron chi connectivity index (χ0n) is 13.3. The van der Waals surface area contributed by atoms with Crippen LogP contribution in [0.1, 0.15) is 38.0 Å². The van der Waals surface area contributed by atoms with Gasteiger partial charge in [0.25, 0.3) is 5.89 Å². The zero-order valence-corrected chi connectivity index (χ0v) is 14.0. The van der Waals surface area contributed by atoms with Crippen molar-refractivity contribution in [3.05, 3.63) is 35.2 Å². The maximum absolute atomic E-state index is 12.0. The summed E-state index contributed by atoms with van der Waals surface area (Å²) in [6.07, 6.45) is 5.59. The number of carbonyl (C=O) groups excluding carboxylic acids is 1. The van der Waals surface area contributed by atoms with Gasteiger partial charge in [-0.1, -0.05) is 35.3 Å². The fourth-order valence-corrected chi connectivity index (χ4v) is 4.33. The van der Waals surface area contributed by atoms with Crippen LogP contribution in [0, 0.1) is 17.8 Å². The molecule has 5 nitrogen and oxygen atoms in total. The lowest BCUT2D eigenvalue weighted by Crippen LogP contribution is -2.17. The summed E-state index contributed by atoms with van der Waals surface area (Å²) in [5.74, 6) is 2.56. The molecule has 126 valence electrons. The van der Waals surface area contributed by atoms with Gasteiger partial charge in [-0.3, -0.25) is 4.79 Å². The Balaban J connectivity index is 1.32. The van der Waals surface area contributed by atoms with Crippen LogP contribution in [-0.4, -0.2) is 16.1 Å². The monoisotopic (exact) mass is 346 g/mol. The second kappa shape index (κ2) is 6.55. The normalized spacial score (nSPS) is 25.1. The van der Waals surface area contributed by atoms with Gasteiger partial charge in [0.05, 0.1) is 5.02 Å². The summed E-state index contributed by atoms with van der Waals surface area (Å²) < 4.78 is 10.5. The van der Waals surface area contributed by atoms with E-state index in [1.807, 2.05) is 18.2 Å². The molecule has 6 heteroatoms. The molecule has 0 spiro atoms. The van der Waals surface area contributed by atoms with Gasteiger partial charge in [0.1, 0.15) is 0 Å². The Hall–Kier alpha value is -1.88. The summed E-state index contributed by atoms with van der Waals surface area (Å²) in [7, 11) is 0. The van der Waals surface area contributed by atoms with Crippen molar-refractivity contribution in [3.63, 3.8) is 0 Å². The molecule has 1 heterocycles. The number of fused-ring (bicyclic) bond motifs is 2. The number of aromatic nitrogens is 2. The minimum Gasteiger partial charge on any atom is -0.456 e. The van der Waals surface area contributed by atoms with E-state index >= 15 is 0 Å². The van der Waals surface area contributed by atoms with Gasteiger partial charge < -0.3 is 9.26 Å². The lowest BCUT2D eigenvalue weighted by atomic mass is 9.86. The van der Waals surface area contributed by atoms with Crippen molar-refractivity contribution in [2.24, 2.45) is 17.8 Å². The van der Waals surface area contributed by atoms with E-state index in [1.165, 1.54) is 25.7 Å². The molecule has 0 radical (unpaired) electrons. The SMILES string of the molecule is O=C(C[C@H]1C[C@H]2CC[C@@H]1C2)OCc1nc(-c2ccccc2Cl)no1. The van der Waals surface area contributed by atoms with Crippen molar-refractivity contribution in [1.82, 2.24) is 10.1 Å². The van der Waals surface area contributed by atoms with Gasteiger partial charge in [-0.15, -0.1) is 0 Å². The number of nitrogens with zero attached hydrogens (tertiary/aromatic N) is 2. The summed E-state index contributed by atoms with van der Waals surface area (Å²) >= 11 is 6.11. The largest absolute Gasteiger partial charge is 0.456 e. The van der Waals surface area contributed by atoms with Crippen LogP contribution in [0.4, 0.5) is 0 Å². The Morgan fingerprint density at radius 2 is 2.17 bits per heavy atom. The maximum Gasteiger partial charge on any atom is 0.306 e. The van der Waals surface area contributed by atoms with Crippen LogP contribution in [-0.2, 0) is 16.1 Å². The molecule has 2 bridgehead atoms. The Labute approximate surface area is 145 Å². The molecule has 24 heavy (non-hydrogen) atoms. The van der Waals surface area contributed by atoms with Gasteiger partial charge in [-0.2, -0.15) is 4.98 Å². The van der Waals surface area contributed by atoms with Crippen LogP contribution in [0.3, 0.4) is 0 Å².